The lowest BCUT2D eigenvalue weighted by Gasteiger charge is -1.69. The minimum absolute atomic E-state index is 0. The Kier molecular flexibility index (Phi) is 24.6. The summed E-state index contributed by atoms with van der Waals surface area (Å²) in [5, 5.41) is 0. The molecule has 0 N–H and O–H groups in total. The van der Waals surface area contributed by atoms with Crippen LogP contribution in [0, 0.1) is 0 Å². The molecule has 0 aliphatic carbocycles. The van der Waals surface area contributed by atoms with Gasteiger partial charge in [-0.1, -0.05) is 43.3 Å². The summed E-state index contributed by atoms with van der Waals surface area (Å²) in [6.45, 7) is 1.81. The molecular formula is C9H14Cl2O. The summed E-state index contributed by atoms with van der Waals surface area (Å²) < 4.78 is 0. The van der Waals surface area contributed by atoms with Crippen molar-refractivity contribution in [1.29, 1.82) is 0 Å². The van der Waals surface area contributed by atoms with Crippen LogP contribution in [-0.2, 0) is 4.79 Å². The van der Waals surface area contributed by atoms with Crippen LogP contribution in [0.2, 0.25) is 0 Å². The van der Waals surface area contributed by atoms with Gasteiger partial charge in [0.15, 0.2) is 0 Å². The van der Waals surface area contributed by atoms with E-state index in [2.05, 4.69) is 0 Å². The number of hydrogen-bond donors (Lipinski definition) is 0. The largest absolute Gasteiger partial charge is 0.303 e. The molecule has 70 valence electrons. The van der Waals surface area contributed by atoms with E-state index in [0.717, 1.165) is 6.29 Å². The van der Waals surface area contributed by atoms with E-state index < -0.39 is 0 Å². The highest BCUT2D eigenvalue weighted by Gasteiger charge is 1.57. The Morgan fingerprint density at radius 1 is 0.917 bits per heavy atom. The van der Waals surface area contributed by atoms with Crippen molar-refractivity contribution in [2.75, 3.05) is 0 Å². The fraction of sp³-hybridized carbons (Fsp3) is 0.222. The van der Waals surface area contributed by atoms with Gasteiger partial charge >= 0.3 is 0 Å². The summed E-state index contributed by atoms with van der Waals surface area (Å²) in [6.07, 6.45) is 1.51. The maximum atomic E-state index is 9.17. The van der Waals surface area contributed by atoms with E-state index >= 15 is 0 Å². The van der Waals surface area contributed by atoms with Crippen molar-refractivity contribution < 1.29 is 4.79 Å². The number of carbonyl (C=O) groups excluding carboxylic acids is 1. The Morgan fingerprint density at radius 2 is 1.08 bits per heavy atom. The zero-order chi connectivity index (χ0) is 7.66. The third-order valence-electron chi connectivity index (χ3n) is 0.833. The summed E-state index contributed by atoms with van der Waals surface area (Å²) >= 11 is 0. The van der Waals surface area contributed by atoms with Crippen molar-refractivity contribution in [3.05, 3.63) is 36.4 Å². The van der Waals surface area contributed by atoms with Crippen molar-refractivity contribution in [3.63, 3.8) is 0 Å². The monoisotopic (exact) mass is 208 g/mol. The van der Waals surface area contributed by atoms with E-state index in [0.29, 0.717) is 6.42 Å². The van der Waals surface area contributed by atoms with Crippen LogP contribution in [0.4, 0.5) is 0 Å². The normalized spacial score (nSPS) is 6.08. The summed E-state index contributed by atoms with van der Waals surface area (Å²) in [4.78, 5) is 9.17. The third kappa shape index (κ3) is 16.2. The molecule has 0 aliphatic rings. The number of benzene rings is 1. The topological polar surface area (TPSA) is 17.1 Å². The highest BCUT2D eigenvalue weighted by Crippen LogP contribution is 1.79. The molecule has 3 heteroatoms. The Hall–Kier alpha value is -0.530. The lowest BCUT2D eigenvalue weighted by Crippen LogP contribution is -1.55. The highest BCUT2D eigenvalue weighted by atomic mass is 35.5. The smallest absolute Gasteiger partial charge is 0.119 e. The van der Waals surface area contributed by atoms with E-state index in [4.69, 9.17) is 0 Å². The molecule has 12 heavy (non-hydrogen) atoms. The van der Waals surface area contributed by atoms with Crippen LogP contribution in [0.1, 0.15) is 13.3 Å². The summed E-state index contributed by atoms with van der Waals surface area (Å²) in [5.74, 6) is 0. The van der Waals surface area contributed by atoms with Crippen LogP contribution >= 0.6 is 24.8 Å². The zero-order valence-corrected chi connectivity index (χ0v) is 8.61. The lowest BCUT2D eigenvalue weighted by atomic mass is 10.4. The number of carbonyl (C=O) groups is 1. The first-order chi connectivity index (χ1) is 4.91. The summed E-state index contributed by atoms with van der Waals surface area (Å²) in [5.41, 5.74) is 0. The number of aldehydes is 1. The van der Waals surface area contributed by atoms with Crippen LogP contribution < -0.4 is 0 Å². The Labute approximate surface area is 86.0 Å². The maximum Gasteiger partial charge on any atom is 0.119 e. The molecule has 0 unspecified atom stereocenters. The van der Waals surface area contributed by atoms with E-state index in [1.807, 2.05) is 43.3 Å². The van der Waals surface area contributed by atoms with Crippen LogP contribution in [-0.4, -0.2) is 6.29 Å². The van der Waals surface area contributed by atoms with Crippen molar-refractivity contribution in [2.24, 2.45) is 0 Å². The van der Waals surface area contributed by atoms with Gasteiger partial charge in [0.2, 0.25) is 0 Å². The molecule has 0 spiro atoms. The first-order valence-electron chi connectivity index (χ1n) is 3.35. The van der Waals surface area contributed by atoms with Crippen LogP contribution in [0.3, 0.4) is 0 Å². The van der Waals surface area contributed by atoms with Crippen molar-refractivity contribution in [3.8, 4) is 0 Å². The number of rotatable bonds is 1. The molecule has 1 nitrogen and oxygen atoms in total. The maximum absolute atomic E-state index is 9.17. The molecule has 0 fully saturated rings. The molecule has 0 aliphatic heterocycles. The van der Waals surface area contributed by atoms with Gasteiger partial charge in [0.1, 0.15) is 6.29 Å². The van der Waals surface area contributed by atoms with Gasteiger partial charge in [0, 0.05) is 6.42 Å². The van der Waals surface area contributed by atoms with Gasteiger partial charge in [-0.3, -0.25) is 0 Å². The third-order valence-corrected chi connectivity index (χ3v) is 0.833. The second kappa shape index (κ2) is 16.8. The lowest BCUT2D eigenvalue weighted by molar-refractivity contribution is -0.107. The molecule has 1 aromatic carbocycles. The second-order valence-electron chi connectivity index (χ2n) is 1.73. The minimum Gasteiger partial charge on any atom is -0.303 e. The Bertz CT molecular complexity index is 127. The molecule has 0 bridgehead atoms. The molecule has 1 rings (SSSR count). The van der Waals surface area contributed by atoms with Gasteiger partial charge in [0.25, 0.3) is 0 Å². The van der Waals surface area contributed by atoms with Crippen LogP contribution in [0.25, 0.3) is 0 Å². The highest BCUT2D eigenvalue weighted by molar-refractivity contribution is 5.85. The fourth-order valence-electron chi connectivity index (χ4n) is 0.385. The average Bonchev–Trinajstić information content (AvgIpc) is 2.08. The summed E-state index contributed by atoms with van der Waals surface area (Å²) in [7, 11) is 0. The van der Waals surface area contributed by atoms with Crippen LogP contribution in [0.15, 0.2) is 36.4 Å². The second-order valence-corrected chi connectivity index (χ2v) is 1.73. The Balaban J connectivity index is -0.000000124. The van der Waals surface area contributed by atoms with Crippen molar-refractivity contribution >= 4 is 31.1 Å². The molecule has 0 atom stereocenters. The number of halogens is 2. The van der Waals surface area contributed by atoms with E-state index in [1.165, 1.54) is 0 Å². The first-order valence-corrected chi connectivity index (χ1v) is 3.35. The van der Waals surface area contributed by atoms with E-state index in [-0.39, 0.29) is 24.8 Å². The predicted octanol–water partition coefficient (Wildman–Crippen LogP) is 3.13. The van der Waals surface area contributed by atoms with Crippen LogP contribution in [0.5, 0.6) is 0 Å². The molecule has 0 amide bonds. The SMILES string of the molecule is CCC=O.Cl.Cl.c1ccccc1. The molecule has 0 aromatic heterocycles. The number of hydrogen-bond acceptors (Lipinski definition) is 1. The van der Waals surface area contributed by atoms with Gasteiger partial charge in [0.05, 0.1) is 0 Å². The molecule has 0 saturated carbocycles. The van der Waals surface area contributed by atoms with Crippen molar-refractivity contribution in [2.45, 2.75) is 13.3 Å². The molecule has 0 heterocycles. The standard InChI is InChI=1S/C6H6.C3H6O.2ClH/c1-2-4-6-5-3-1;1-2-3-4;;/h1-6H;3H,2H2,1H3;2*1H. The predicted molar refractivity (Wildman–Crippen MR) is 57.3 cm³/mol. The molecule has 0 saturated heterocycles. The summed E-state index contributed by atoms with van der Waals surface area (Å²) in [6, 6.07) is 12.0. The van der Waals surface area contributed by atoms with Gasteiger partial charge < -0.3 is 4.79 Å². The van der Waals surface area contributed by atoms with Gasteiger partial charge in [-0.05, 0) is 0 Å². The van der Waals surface area contributed by atoms with Crippen molar-refractivity contribution in [1.82, 2.24) is 0 Å². The molecule has 0 radical (unpaired) electrons. The van der Waals surface area contributed by atoms with E-state index in [1.54, 1.807) is 0 Å². The fourth-order valence-corrected chi connectivity index (χ4v) is 0.385. The molecular weight excluding hydrogens is 195 g/mol. The minimum atomic E-state index is 0. The van der Waals surface area contributed by atoms with E-state index in [9.17, 15) is 4.79 Å². The average molecular weight is 209 g/mol. The van der Waals surface area contributed by atoms with Gasteiger partial charge in [-0.15, -0.1) is 24.8 Å². The molecule has 1 aromatic rings. The first kappa shape index (κ1) is 17.5. The zero-order valence-electron chi connectivity index (χ0n) is 6.97. The van der Waals surface area contributed by atoms with Gasteiger partial charge in [-0.2, -0.15) is 0 Å². The Morgan fingerprint density at radius 3 is 1.17 bits per heavy atom. The van der Waals surface area contributed by atoms with Gasteiger partial charge in [-0.25, -0.2) is 0 Å². The quantitative estimate of drug-likeness (QED) is 0.649.